The summed E-state index contributed by atoms with van der Waals surface area (Å²) >= 11 is 0. The minimum atomic E-state index is -0.466. The van der Waals surface area contributed by atoms with Crippen molar-refractivity contribution in [1.29, 1.82) is 0 Å². The third kappa shape index (κ3) is 6.27. The van der Waals surface area contributed by atoms with E-state index < -0.39 is 6.10 Å². The van der Waals surface area contributed by atoms with Gasteiger partial charge in [-0.05, 0) is 43.2 Å². The lowest BCUT2D eigenvalue weighted by Crippen LogP contribution is -2.38. The third-order valence-corrected chi connectivity index (χ3v) is 5.29. The van der Waals surface area contributed by atoms with Crippen molar-refractivity contribution in [2.24, 2.45) is 17.3 Å². The molecule has 0 aromatic carbocycles. The van der Waals surface area contributed by atoms with Crippen LogP contribution >= 0.6 is 0 Å². The predicted molar refractivity (Wildman–Crippen MR) is 102 cm³/mol. The number of hydrogen-bond donors (Lipinski definition) is 3. The minimum Gasteiger partial charge on any atom is -0.396 e. The summed E-state index contributed by atoms with van der Waals surface area (Å²) in [5, 5.41) is 23.8. The first kappa shape index (κ1) is 21.2. The smallest absolute Gasteiger partial charge is 0.130 e. The van der Waals surface area contributed by atoms with Gasteiger partial charge in [-0.25, -0.2) is 9.97 Å². The summed E-state index contributed by atoms with van der Waals surface area (Å²) in [6.45, 7) is 8.21. The molecule has 148 valence electrons. The molecule has 4 atom stereocenters. The molecule has 1 aliphatic carbocycles. The van der Waals surface area contributed by atoms with E-state index in [0.29, 0.717) is 19.4 Å². The zero-order valence-electron chi connectivity index (χ0n) is 16.6. The molecule has 1 aliphatic rings. The first-order valence-corrected chi connectivity index (χ1v) is 9.66. The molecule has 1 aromatic heterocycles. The highest BCUT2D eigenvalue weighted by atomic mass is 16.5. The topological polar surface area (TPSA) is 87.5 Å². The van der Waals surface area contributed by atoms with E-state index in [1.807, 2.05) is 6.07 Å². The molecule has 0 unspecified atom stereocenters. The van der Waals surface area contributed by atoms with Crippen LogP contribution in [0.5, 0.6) is 0 Å². The summed E-state index contributed by atoms with van der Waals surface area (Å²) in [5.74, 6) is 0.834. The summed E-state index contributed by atoms with van der Waals surface area (Å²) < 4.78 is 5.10. The number of ether oxygens (including phenoxy) is 1. The summed E-state index contributed by atoms with van der Waals surface area (Å²) in [7, 11) is 1.67. The molecule has 0 bridgehead atoms. The standard InChI is InChI=1S/C20H35N3O3/c1-20(2,3)7-9-21-17-12-18(25)16(13-24)15(17)11-14-5-8-22-19(23-14)6-10-26-4/h5,8,15-18,21,24-25H,6-7,9-13H2,1-4H3/t15-,16-,17-,18-/m1/s1. The van der Waals surface area contributed by atoms with Crippen LogP contribution in [0.2, 0.25) is 0 Å². The molecule has 0 amide bonds. The largest absolute Gasteiger partial charge is 0.396 e. The Hall–Kier alpha value is -1.08. The van der Waals surface area contributed by atoms with Gasteiger partial charge in [0.05, 0.1) is 12.7 Å². The maximum absolute atomic E-state index is 10.4. The fourth-order valence-electron chi connectivity index (χ4n) is 3.72. The molecule has 6 heteroatoms. The lowest BCUT2D eigenvalue weighted by Gasteiger charge is -2.26. The van der Waals surface area contributed by atoms with Crippen molar-refractivity contribution in [1.82, 2.24) is 15.3 Å². The van der Waals surface area contributed by atoms with E-state index in [-0.39, 0.29) is 29.9 Å². The number of aromatic nitrogens is 2. The lowest BCUT2D eigenvalue weighted by molar-refractivity contribution is 0.0715. The predicted octanol–water partition coefficient (Wildman–Crippen LogP) is 1.59. The molecule has 1 saturated carbocycles. The minimum absolute atomic E-state index is 0.00486. The molecule has 1 aromatic rings. The van der Waals surface area contributed by atoms with Crippen molar-refractivity contribution in [3.8, 4) is 0 Å². The number of nitrogens with one attached hydrogen (secondary N) is 1. The van der Waals surface area contributed by atoms with Gasteiger partial charge in [-0.1, -0.05) is 20.8 Å². The highest BCUT2D eigenvalue weighted by molar-refractivity contribution is 5.08. The molecule has 0 radical (unpaired) electrons. The maximum atomic E-state index is 10.4. The molecular weight excluding hydrogens is 330 g/mol. The van der Waals surface area contributed by atoms with E-state index in [1.54, 1.807) is 13.3 Å². The van der Waals surface area contributed by atoms with E-state index in [4.69, 9.17) is 4.74 Å². The van der Waals surface area contributed by atoms with E-state index in [9.17, 15) is 10.2 Å². The third-order valence-electron chi connectivity index (χ3n) is 5.29. The quantitative estimate of drug-likeness (QED) is 0.616. The summed E-state index contributed by atoms with van der Waals surface area (Å²) in [6.07, 6.45) is 4.50. The molecule has 0 saturated heterocycles. The number of hydrogen-bond acceptors (Lipinski definition) is 6. The van der Waals surface area contributed by atoms with E-state index in [1.165, 1.54) is 0 Å². The Morgan fingerprint density at radius 3 is 2.73 bits per heavy atom. The molecule has 2 rings (SSSR count). The zero-order chi connectivity index (χ0) is 19.2. The highest BCUT2D eigenvalue weighted by Crippen LogP contribution is 2.35. The average molecular weight is 366 g/mol. The van der Waals surface area contributed by atoms with E-state index in [0.717, 1.165) is 30.9 Å². The van der Waals surface area contributed by atoms with E-state index >= 15 is 0 Å². The monoisotopic (exact) mass is 365 g/mol. The lowest BCUT2D eigenvalue weighted by atomic mass is 9.88. The van der Waals surface area contributed by atoms with Crippen LogP contribution in [-0.2, 0) is 17.6 Å². The van der Waals surface area contributed by atoms with Gasteiger partial charge >= 0.3 is 0 Å². The first-order valence-electron chi connectivity index (χ1n) is 9.66. The normalized spacial score (nSPS) is 26.4. The van der Waals surface area contributed by atoms with Gasteiger partial charge in [0.15, 0.2) is 0 Å². The van der Waals surface area contributed by atoms with Gasteiger partial charge in [0.25, 0.3) is 0 Å². The van der Waals surface area contributed by atoms with Crippen molar-refractivity contribution < 1.29 is 14.9 Å². The van der Waals surface area contributed by atoms with Crippen LogP contribution in [-0.4, -0.2) is 59.2 Å². The summed E-state index contributed by atoms with van der Waals surface area (Å²) in [5.41, 5.74) is 1.24. The number of rotatable bonds is 9. The van der Waals surface area contributed by atoms with Crippen LogP contribution in [0.25, 0.3) is 0 Å². The van der Waals surface area contributed by atoms with E-state index in [2.05, 4.69) is 36.1 Å². The number of nitrogens with zero attached hydrogens (tertiary/aromatic N) is 2. The number of methoxy groups -OCH3 is 1. The second-order valence-electron chi connectivity index (χ2n) is 8.60. The number of aliphatic hydroxyl groups is 2. The molecule has 0 aliphatic heterocycles. The Labute approximate surface area is 157 Å². The SMILES string of the molecule is COCCc1nccc(C[C@@H]2[C@@H](CO)[C@H](O)C[C@H]2NCCC(C)(C)C)n1. The molecule has 3 N–H and O–H groups in total. The highest BCUT2D eigenvalue weighted by Gasteiger charge is 2.42. The van der Waals surface area contributed by atoms with Gasteiger partial charge in [-0.3, -0.25) is 0 Å². The Balaban J connectivity index is 2.04. The Kier molecular flexibility index (Phi) is 7.95. The van der Waals surface area contributed by atoms with Crippen LogP contribution in [0.4, 0.5) is 0 Å². The molecule has 0 spiro atoms. The molecule has 26 heavy (non-hydrogen) atoms. The van der Waals surface area contributed by atoms with Crippen LogP contribution in [0.3, 0.4) is 0 Å². The van der Waals surface area contributed by atoms with Crippen molar-refractivity contribution in [3.63, 3.8) is 0 Å². The average Bonchev–Trinajstić information content (AvgIpc) is 2.87. The van der Waals surface area contributed by atoms with Crippen LogP contribution in [0.1, 0.15) is 45.1 Å². The second-order valence-corrected chi connectivity index (χ2v) is 8.60. The summed E-state index contributed by atoms with van der Waals surface area (Å²) in [6, 6.07) is 2.13. The number of aliphatic hydroxyl groups excluding tert-OH is 2. The first-order chi connectivity index (χ1) is 12.3. The Bertz CT molecular complexity index is 547. The van der Waals surface area contributed by atoms with Gasteiger partial charge in [-0.15, -0.1) is 0 Å². The van der Waals surface area contributed by atoms with Crippen LogP contribution < -0.4 is 5.32 Å². The Morgan fingerprint density at radius 1 is 1.31 bits per heavy atom. The van der Waals surface area contributed by atoms with Crippen molar-refractivity contribution in [2.75, 3.05) is 26.9 Å². The van der Waals surface area contributed by atoms with Gasteiger partial charge < -0.3 is 20.3 Å². The maximum Gasteiger partial charge on any atom is 0.130 e. The van der Waals surface area contributed by atoms with Crippen molar-refractivity contribution >= 4 is 0 Å². The van der Waals surface area contributed by atoms with Crippen molar-refractivity contribution in [3.05, 3.63) is 23.8 Å². The van der Waals surface area contributed by atoms with Crippen molar-refractivity contribution in [2.45, 2.75) is 58.6 Å². The van der Waals surface area contributed by atoms with Gasteiger partial charge in [0.1, 0.15) is 5.82 Å². The van der Waals surface area contributed by atoms with Gasteiger partial charge in [-0.2, -0.15) is 0 Å². The molecular formula is C20H35N3O3. The summed E-state index contributed by atoms with van der Waals surface area (Å²) in [4.78, 5) is 8.94. The van der Waals surface area contributed by atoms with Crippen LogP contribution in [0, 0.1) is 17.3 Å². The fourth-order valence-corrected chi connectivity index (χ4v) is 3.72. The van der Waals surface area contributed by atoms with Crippen LogP contribution in [0.15, 0.2) is 12.3 Å². The molecule has 1 heterocycles. The van der Waals surface area contributed by atoms with Gasteiger partial charge in [0.2, 0.25) is 0 Å². The molecule has 6 nitrogen and oxygen atoms in total. The zero-order valence-corrected chi connectivity index (χ0v) is 16.6. The second kappa shape index (κ2) is 9.74. The van der Waals surface area contributed by atoms with Gasteiger partial charge in [0, 0.05) is 44.0 Å². The molecule has 1 fully saturated rings. The fraction of sp³-hybridized carbons (Fsp3) is 0.800. The Morgan fingerprint density at radius 2 is 2.08 bits per heavy atom.